The molecule has 7 unspecified atom stereocenters. The van der Waals surface area contributed by atoms with Gasteiger partial charge in [-0.3, -0.25) is 9.80 Å². The molecule has 4 bridgehead atoms. The van der Waals surface area contributed by atoms with E-state index in [2.05, 4.69) is 71.8 Å². The molecule has 0 spiro atoms. The zero-order valence-corrected chi connectivity index (χ0v) is 37.0. The predicted molar refractivity (Wildman–Crippen MR) is 221 cm³/mol. The number of hydrogen-bond acceptors (Lipinski definition) is 6. The first kappa shape index (κ1) is 40.0. The summed E-state index contributed by atoms with van der Waals surface area (Å²) in [6.07, 6.45) is 12.0. The molecule has 11 fully saturated rings. The van der Waals surface area contributed by atoms with Gasteiger partial charge < -0.3 is 18.4 Å². The van der Waals surface area contributed by atoms with Gasteiger partial charge in [-0.05, 0) is 131 Å². The molecule has 0 radical (unpaired) electrons. The van der Waals surface area contributed by atoms with Crippen LogP contribution in [0, 0.1) is 56.7 Å². The lowest BCUT2D eigenvalue weighted by Crippen LogP contribution is -2.72. The molecule has 0 aromatic rings. The summed E-state index contributed by atoms with van der Waals surface area (Å²) in [5.41, 5.74) is 2.11. The number of esters is 2. The summed E-state index contributed by atoms with van der Waals surface area (Å²) < 4.78 is 15.2. The Balaban J connectivity index is 0.922. The minimum atomic E-state index is -0.0699. The molecule has 56 heavy (non-hydrogen) atoms. The summed E-state index contributed by atoms with van der Waals surface area (Å²) in [4.78, 5) is 33.1. The van der Waals surface area contributed by atoms with E-state index in [4.69, 9.17) is 9.47 Å². The number of fused-ring (bicyclic) bond motifs is 13. The van der Waals surface area contributed by atoms with Crippen LogP contribution in [0.4, 0.5) is 0 Å². The number of ether oxygens (including phenoxy) is 2. The number of piperazine rings is 6. The van der Waals surface area contributed by atoms with Crippen molar-refractivity contribution in [3.8, 4) is 0 Å². The first-order valence-corrected chi connectivity index (χ1v) is 23.6. The van der Waals surface area contributed by atoms with Crippen molar-refractivity contribution in [2.24, 2.45) is 56.7 Å². The van der Waals surface area contributed by atoms with Crippen LogP contribution in [0.5, 0.6) is 0 Å². The Labute approximate surface area is 340 Å². The van der Waals surface area contributed by atoms with Crippen LogP contribution < -0.4 is 0 Å². The quantitative estimate of drug-likeness (QED) is 0.148. The molecule has 11 rings (SSSR count). The van der Waals surface area contributed by atoms with Crippen molar-refractivity contribution in [1.82, 2.24) is 9.80 Å². The number of rotatable bonds is 8. The number of carbonyl (C=O) groups excluding carboxylic acids is 2. The normalized spacial score (nSPS) is 51.1. The van der Waals surface area contributed by atoms with Crippen LogP contribution in [0.1, 0.15) is 120 Å². The zero-order valence-electron chi connectivity index (χ0n) is 37.0. The third kappa shape index (κ3) is 5.62. The molecule has 6 aliphatic heterocycles. The maximum atomic E-state index is 14.0. The van der Waals surface area contributed by atoms with Gasteiger partial charge in [-0.15, -0.1) is 0 Å². The average Bonchev–Trinajstić information content (AvgIpc) is 3.59. The van der Waals surface area contributed by atoms with Gasteiger partial charge in [0.05, 0.1) is 45.9 Å². The first-order valence-electron chi connectivity index (χ1n) is 23.6. The minimum Gasteiger partial charge on any atom is -0.461 e. The molecular formula is C48H80N4O4+2. The fourth-order valence-electron chi connectivity index (χ4n) is 17.3. The third-order valence-corrected chi connectivity index (χ3v) is 21.4. The van der Waals surface area contributed by atoms with E-state index in [0.717, 1.165) is 100 Å². The number of carbonyl (C=O) groups is 2. The highest BCUT2D eigenvalue weighted by atomic mass is 16.5. The SMILES string of the molecule is C=C(C)C1CC[C@]2(COC(=O)C(C)[N+]34CCN(CC3)CC4)CC[C@]3(C)C(CCC4[C@@]5(C)CC[C@H](OC(=O)C(C)[N+]67CCN(CC6)CC7)C(C)(C)C5CC[C@]43C)C12. The van der Waals surface area contributed by atoms with Crippen molar-refractivity contribution in [1.29, 1.82) is 0 Å². The summed E-state index contributed by atoms with van der Waals surface area (Å²) in [6, 6.07) is -0.139. The molecule has 6 heterocycles. The van der Waals surface area contributed by atoms with Crippen molar-refractivity contribution in [2.75, 3.05) is 85.1 Å². The van der Waals surface area contributed by atoms with Gasteiger partial charge in [0.25, 0.3) is 0 Å². The molecule has 8 heteroatoms. The largest absolute Gasteiger partial charge is 0.461 e. The highest BCUT2D eigenvalue weighted by Gasteiger charge is 2.71. The highest BCUT2D eigenvalue weighted by molar-refractivity contribution is 5.74. The van der Waals surface area contributed by atoms with E-state index in [1.54, 1.807) is 0 Å². The van der Waals surface area contributed by atoms with Gasteiger partial charge in [0.2, 0.25) is 0 Å². The smallest absolute Gasteiger partial charge is 0.364 e. The lowest BCUT2D eigenvalue weighted by atomic mass is 9.32. The topological polar surface area (TPSA) is 59.1 Å². The van der Waals surface area contributed by atoms with E-state index in [0.29, 0.717) is 36.2 Å². The fraction of sp³-hybridized carbons (Fsp3) is 0.917. The van der Waals surface area contributed by atoms with Gasteiger partial charge >= 0.3 is 11.9 Å². The van der Waals surface area contributed by atoms with Gasteiger partial charge in [-0.2, -0.15) is 0 Å². The fourth-order valence-corrected chi connectivity index (χ4v) is 17.3. The van der Waals surface area contributed by atoms with Crippen LogP contribution >= 0.6 is 0 Å². The van der Waals surface area contributed by atoms with E-state index >= 15 is 0 Å². The second-order valence-electron chi connectivity index (χ2n) is 23.3. The minimum absolute atomic E-state index is 0.00375. The van der Waals surface area contributed by atoms with E-state index < -0.39 is 0 Å². The van der Waals surface area contributed by atoms with E-state index in [1.807, 2.05) is 0 Å². The number of allylic oxidation sites excluding steroid dienone is 1. The maximum absolute atomic E-state index is 14.0. The van der Waals surface area contributed by atoms with Crippen LogP contribution in [0.3, 0.4) is 0 Å². The molecule has 6 saturated heterocycles. The highest BCUT2D eigenvalue weighted by Crippen LogP contribution is 2.77. The van der Waals surface area contributed by atoms with Crippen molar-refractivity contribution < 1.29 is 28.0 Å². The Bertz CT molecular complexity index is 1550. The second kappa shape index (κ2) is 13.5. The van der Waals surface area contributed by atoms with E-state index in [-0.39, 0.29) is 57.2 Å². The molecule has 8 nitrogen and oxygen atoms in total. The zero-order chi connectivity index (χ0) is 39.7. The molecule has 314 valence electrons. The molecule has 5 aliphatic carbocycles. The molecular weight excluding hydrogens is 697 g/mol. The van der Waals surface area contributed by atoms with Gasteiger partial charge in [0.15, 0.2) is 12.1 Å². The second-order valence-corrected chi connectivity index (χ2v) is 23.3. The van der Waals surface area contributed by atoms with E-state index in [1.165, 1.54) is 56.9 Å². The Morgan fingerprint density at radius 1 is 0.679 bits per heavy atom. The lowest BCUT2D eigenvalue weighted by molar-refractivity contribution is -0.954. The summed E-state index contributed by atoms with van der Waals surface area (Å²) in [7, 11) is 0. The maximum Gasteiger partial charge on any atom is 0.364 e. The summed E-state index contributed by atoms with van der Waals surface area (Å²) in [5, 5.41) is 0. The third-order valence-electron chi connectivity index (χ3n) is 21.4. The number of hydrogen-bond donors (Lipinski definition) is 0. The average molecular weight is 777 g/mol. The van der Waals surface area contributed by atoms with Gasteiger partial charge in [0, 0.05) is 50.1 Å². The summed E-state index contributed by atoms with van der Waals surface area (Å²) in [5.74, 6) is 3.02. The van der Waals surface area contributed by atoms with Crippen LogP contribution in [-0.2, 0) is 19.1 Å². The first-order chi connectivity index (χ1) is 26.4. The van der Waals surface area contributed by atoms with Crippen LogP contribution in [0.2, 0.25) is 0 Å². The van der Waals surface area contributed by atoms with Crippen molar-refractivity contribution in [2.45, 2.75) is 138 Å². The predicted octanol–water partition coefficient (Wildman–Crippen LogP) is 7.17. The Hall–Kier alpha value is -1.48. The Morgan fingerprint density at radius 3 is 1.82 bits per heavy atom. The van der Waals surface area contributed by atoms with Crippen LogP contribution in [0.15, 0.2) is 12.2 Å². The lowest BCUT2D eigenvalue weighted by Gasteiger charge is -2.73. The summed E-state index contributed by atoms with van der Waals surface area (Å²) >= 11 is 0. The summed E-state index contributed by atoms with van der Waals surface area (Å²) in [6.45, 7) is 38.1. The monoisotopic (exact) mass is 777 g/mol. The molecule has 0 aromatic carbocycles. The van der Waals surface area contributed by atoms with Crippen molar-refractivity contribution in [3.63, 3.8) is 0 Å². The van der Waals surface area contributed by atoms with Crippen LogP contribution in [-0.4, -0.2) is 134 Å². The standard InChI is InChI=1S/C48H80N4O4/c1-33(2)36-12-17-48(32-55-42(53)34(3)51-26-20-49(21-27-51)22-28-51)19-18-46(8)37(41(36)48)10-11-39-45(7)15-14-40(44(5,6)38(45)13-16-47(39,46)9)56-43(54)35(4)52-29-23-50(24-30-52)25-31-52/h34-41H,1,10-32H2,2-9H3/q+2/t34?,35?,36?,37?,38?,39?,40-,41?,45-,46+,47+,48+/m0/s1. The van der Waals surface area contributed by atoms with Crippen LogP contribution in [0.25, 0.3) is 0 Å². The molecule has 0 amide bonds. The molecule has 0 N–H and O–H groups in total. The molecule has 11 aliphatic rings. The molecule has 12 atom stereocenters. The van der Waals surface area contributed by atoms with Crippen molar-refractivity contribution in [3.05, 3.63) is 12.2 Å². The molecule has 5 saturated carbocycles. The number of nitrogens with zero attached hydrogens (tertiary/aromatic N) is 4. The van der Waals surface area contributed by atoms with Gasteiger partial charge in [0.1, 0.15) is 6.10 Å². The molecule has 0 aromatic heterocycles. The van der Waals surface area contributed by atoms with Gasteiger partial charge in [-0.25, -0.2) is 9.59 Å². The van der Waals surface area contributed by atoms with Gasteiger partial charge in [-0.1, -0.05) is 46.8 Å². The van der Waals surface area contributed by atoms with E-state index in [9.17, 15) is 9.59 Å². The number of quaternary nitrogens is 2. The Kier molecular flexibility index (Phi) is 9.64. The Morgan fingerprint density at radius 2 is 1.25 bits per heavy atom. The van der Waals surface area contributed by atoms with Crippen molar-refractivity contribution >= 4 is 11.9 Å².